The molecule has 0 aromatic heterocycles. The van der Waals surface area contributed by atoms with E-state index in [1.807, 2.05) is 12.1 Å². The molecule has 1 aliphatic rings. The second kappa shape index (κ2) is 13.0. The number of carbonyl (C=O) groups excluding carboxylic acids is 5. The summed E-state index contributed by atoms with van der Waals surface area (Å²) in [5.74, 6) is -1.28. The molecule has 0 radical (unpaired) electrons. The highest BCUT2D eigenvalue weighted by Crippen LogP contribution is 2.26. The zero-order valence-electron chi connectivity index (χ0n) is 24.0. The summed E-state index contributed by atoms with van der Waals surface area (Å²) in [5, 5.41) is 2.77. The van der Waals surface area contributed by atoms with Crippen LogP contribution in [0.2, 0.25) is 0 Å². The molecule has 1 N–H and O–H groups in total. The minimum Gasteiger partial charge on any atom is -0.497 e. The number of ketones is 1. The number of hydrogen-bond acceptors (Lipinski definition) is 7. The third-order valence-corrected chi connectivity index (χ3v) is 7.01. The standard InChI is InChI=1S/C35H28N2O7/c1-22(38)44-32-18-10-24(19-20-37-34(41)28-5-3-4-6-29(28)35(37)42)21-30(32)33(40)36-26-13-11-25(12-14-26)31(39)17-9-23-7-15-27(43-2)16-8-23/h3-18,21H,19-20H2,1-2H3,(H,36,40)/b17-9+. The molecule has 9 heteroatoms. The Bertz CT molecular complexity index is 1760. The SMILES string of the molecule is COc1ccc(/C=C/C(=O)c2ccc(NC(=O)c3cc(CCN4C(=O)c5ccccc5C4=O)ccc3OC(C)=O)cc2)cc1. The second-order valence-electron chi connectivity index (χ2n) is 9.98. The van der Waals surface area contributed by atoms with Crippen molar-refractivity contribution in [2.75, 3.05) is 19.0 Å². The first-order valence-corrected chi connectivity index (χ1v) is 13.8. The van der Waals surface area contributed by atoms with Crippen molar-refractivity contribution in [3.63, 3.8) is 0 Å². The lowest BCUT2D eigenvalue weighted by atomic mass is 10.1. The fourth-order valence-electron chi connectivity index (χ4n) is 4.74. The summed E-state index contributed by atoms with van der Waals surface area (Å²) in [4.78, 5) is 64.3. The van der Waals surface area contributed by atoms with E-state index in [4.69, 9.17) is 9.47 Å². The summed E-state index contributed by atoms with van der Waals surface area (Å²) in [5.41, 5.74) is 3.19. The van der Waals surface area contributed by atoms with Crippen LogP contribution < -0.4 is 14.8 Å². The molecule has 1 heterocycles. The lowest BCUT2D eigenvalue weighted by Gasteiger charge is -2.15. The van der Waals surface area contributed by atoms with Gasteiger partial charge in [0.05, 0.1) is 23.8 Å². The van der Waals surface area contributed by atoms with Gasteiger partial charge in [0.2, 0.25) is 0 Å². The highest BCUT2D eigenvalue weighted by atomic mass is 16.5. The highest BCUT2D eigenvalue weighted by molar-refractivity contribution is 6.21. The molecule has 1 aliphatic heterocycles. The van der Waals surface area contributed by atoms with Crippen molar-refractivity contribution >= 4 is 41.2 Å². The van der Waals surface area contributed by atoms with E-state index in [2.05, 4.69) is 5.32 Å². The maximum absolute atomic E-state index is 13.3. The number of ether oxygens (including phenoxy) is 2. The summed E-state index contributed by atoms with van der Waals surface area (Å²) < 4.78 is 10.4. The molecule has 0 saturated carbocycles. The molecule has 0 atom stereocenters. The van der Waals surface area contributed by atoms with Gasteiger partial charge in [-0.15, -0.1) is 0 Å². The van der Waals surface area contributed by atoms with E-state index in [-0.39, 0.29) is 41.9 Å². The van der Waals surface area contributed by atoms with Gasteiger partial charge in [-0.25, -0.2) is 0 Å². The number of imide groups is 1. The summed E-state index contributed by atoms with van der Waals surface area (Å²) in [6.07, 6.45) is 3.45. The quantitative estimate of drug-likeness (QED) is 0.0841. The molecule has 9 nitrogen and oxygen atoms in total. The van der Waals surface area contributed by atoms with Gasteiger partial charge < -0.3 is 14.8 Å². The average molecular weight is 589 g/mol. The van der Waals surface area contributed by atoms with Crippen LogP contribution in [0.1, 0.15) is 59.5 Å². The van der Waals surface area contributed by atoms with Crippen LogP contribution in [0.25, 0.3) is 6.08 Å². The topological polar surface area (TPSA) is 119 Å². The monoisotopic (exact) mass is 588 g/mol. The Balaban J connectivity index is 1.26. The average Bonchev–Trinajstić information content (AvgIpc) is 3.28. The molecule has 0 unspecified atom stereocenters. The van der Waals surface area contributed by atoms with Gasteiger partial charge in [-0.2, -0.15) is 0 Å². The first-order chi connectivity index (χ1) is 21.2. The van der Waals surface area contributed by atoms with Crippen LogP contribution in [0, 0.1) is 0 Å². The highest BCUT2D eigenvalue weighted by Gasteiger charge is 2.34. The van der Waals surface area contributed by atoms with Crippen molar-refractivity contribution in [1.29, 1.82) is 0 Å². The summed E-state index contributed by atoms with van der Waals surface area (Å²) in [6, 6.07) is 25.1. The molecule has 220 valence electrons. The number of anilines is 1. The number of allylic oxidation sites excluding steroid dienone is 1. The minimum atomic E-state index is -0.594. The number of hydrogen-bond donors (Lipinski definition) is 1. The first-order valence-electron chi connectivity index (χ1n) is 13.8. The van der Waals surface area contributed by atoms with E-state index in [0.29, 0.717) is 27.9 Å². The Morgan fingerprint density at radius 1 is 0.841 bits per heavy atom. The molecule has 0 spiro atoms. The molecule has 4 aromatic carbocycles. The number of nitrogens with zero attached hydrogens (tertiary/aromatic N) is 1. The van der Waals surface area contributed by atoms with Crippen molar-refractivity contribution in [3.8, 4) is 11.5 Å². The molecular formula is C35H28N2O7. The van der Waals surface area contributed by atoms with Crippen molar-refractivity contribution in [1.82, 2.24) is 4.90 Å². The number of amides is 3. The van der Waals surface area contributed by atoms with Gasteiger partial charge in [0.15, 0.2) is 5.78 Å². The van der Waals surface area contributed by atoms with Crippen molar-refractivity contribution in [2.45, 2.75) is 13.3 Å². The van der Waals surface area contributed by atoms with Crippen LogP contribution in [0.5, 0.6) is 11.5 Å². The van der Waals surface area contributed by atoms with E-state index >= 15 is 0 Å². The largest absolute Gasteiger partial charge is 0.497 e. The van der Waals surface area contributed by atoms with Gasteiger partial charge in [-0.05, 0) is 84.3 Å². The van der Waals surface area contributed by atoms with Crippen molar-refractivity contribution in [2.24, 2.45) is 0 Å². The predicted molar refractivity (Wildman–Crippen MR) is 164 cm³/mol. The molecule has 5 rings (SSSR count). The number of benzene rings is 4. The van der Waals surface area contributed by atoms with Crippen LogP contribution in [0.4, 0.5) is 5.69 Å². The van der Waals surface area contributed by atoms with Crippen molar-refractivity contribution in [3.05, 3.63) is 130 Å². The Morgan fingerprint density at radius 3 is 2.11 bits per heavy atom. The third-order valence-electron chi connectivity index (χ3n) is 7.01. The van der Waals surface area contributed by atoms with Gasteiger partial charge in [-0.3, -0.25) is 28.9 Å². The van der Waals surface area contributed by atoms with Crippen LogP contribution in [0.15, 0.2) is 97.1 Å². The lowest BCUT2D eigenvalue weighted by Crippen LogP contribution is -2.31. The maximum Gasteiger partial charge on any atom is 0.308 e. The zero-order valence-corrected chi connectivity index (χ0v) is 24.0. The fraction of sp³-hybridized carbons (Fsp3) is 0.114. The summed E-state index contributed by atoms with van der Waals surface area (Å²) >= 11 is 0. The molecule has 0 bridgehead atoms. The molecule has 3 amide bonds. The van der Waals surface area contributed by atoms with Crippen LogP contribution in [-0.2, 0) is 11.2 Å². The molecule has 0 saturated heterocycles. The van der Waals surface area contributed by atoms with Crippen LogP contribution in [-0.4, -0.2) is 48.0 Å². The summed E-state index contributed by atoms with van der Waals surface area (Å²) in [7, 11) is 1.58. The Kier molecular flexibility index (Phi) is 8.76. The van der Waals surface area contributed by atoms with Crippen molar-refractivity contribution < 1.29 is 33.4 Å². The molecule has 0 fully saturated rings. The number of nitrogens with one attached hydrogen (secondary N) is 1. The van der Waals surface area contributed by atoms with Crippen LogP contribution >= 0.6 is 0 Å². The van der Waals surface area contributed by atoms with E-state index in [1.165, 1.54) is 24.0 Å². The third kappa shape index (κ3) is 6.63. The number of rotatable bonds is 10. The number of carbonyl (C=O) groups is 5. The molecule has 0 aliphatic carbocycles. The fourth-order valence-corrected chi connectivity index (χ4v) is 4.74. The van der Waals surface area contributed by atoms with Gasteiger partial charge in [-0.1, -0.05) is 36.4 Å². The van der Waals surface area contributed by atoms with E-state index in [0.717, 1.165) is 11.3 Å². The molecule has 44 heavy (non-hydrogen) atoms. The molecular weight excluding hydrogens is 560 g/mol. The minimum absolute atomic E-state index is 0.0648. The maximum atomic E-state index is 13.3. The van der Waals surface area contributed by atoms with Crippen LogP contribution in [0.3, 0.4) is 0 Å². The van der Waals surface area contributed by atoms with E-state index < -0.39 is 11.9 Å². The normalized spacial score (nSPS) is 12.3. The zero-order chi connectivity index (χ0) is 31.2. The first kappa shape index (κ1) is 29.7. The smallest absolute Gasteiger partial charge is 0.308 e. The number of esters is 1. The Hall–Kier alpha value is -5.83. The van der Waals surface area contributed by atoms with E-state index in [1.54, 1.807) is 86.0 Å². The van der Waals surface area contributed by atoms with Gasteiger partial charge in [0.25, 0.3) is 17.7 Å². The Morgan fingerprint density at radius 2 is 1.50 bits per heavy atom. The Labute approximate surface area is 253 Å². The number of methoxy groups -OCH3 is 1. The number of fused-ring (bicyclic) bond motifs is 1. The molecule has 4 aromatic rings. The predicted octanol–water partition coefficient (Wildman–Crippen LogP) is 5.61. The van der Waals surface area contributed by atoms with Gasteiger partial charge >= 0.3 is 5.97 Å². The van der Waals surface area contributed by atoms with Gasteiger partial charge in [0.1, 0.15) is 11.5 Å². The second-order valence-corrected chi connectivity index (χ2v) is 9.98. The summed E-state index contributed by atoms with van der Waals surface area (Å²) in [6.45, 7) is 1.35. The van der Waals surface area contributed by atoms with E-state index in [9.17, 15) is 24.0 Å². The van der Waals surface area contributed by atoms with Gasteiger partial charge in [0, 0.05) is 24.7 Å². The lowest BCUT2D eigenvalue weighted by molar-refractivity contribution is -0.131.